The number of hydrogen-bond acceptors (Lipinski definition) is 10. The zero-order chi connectivity index (χ0) is 31.6. The quantitative estimate of drug-likeness (QED) is 0.233. The first kappa shape index (κ1) is 32.3. The molecule has 3 aromatic carbocycles. The Morgan fingerprint density at radius 2 is 1.61 bits per heavy atom. The Morgan fingerprint density at radius 3 is 2.25 bits per heavy atom. The second-order valence-electron chi connectivity index (χ2n) is 11.5. The van der Waals surface area contributed by atoms with Crippen LogP contribution in [0.3, 0.4) is 0 Å². The summed E-state index contributed by atoms with van der Waals surface area (Å²) in [5, 5.41) is 41.0. The van der Waals surface area contributed by atoms with Crippen LogP contribution in [0.15, 0.2) is 72.8 Å². The van der Waals surface area contributed by atoms with Crippen LogP contribution in [-0.4, -0.2) is 79.0 Å². The number of nitrogens with zero attached hydrogens (tertiary/aromatic N) is 1. The van der Waals surface area contributed by atoms with Gasteiger partial charge in [-0.15, -0.1) is 0 Å². The average molecular weight is 632 g/mol. The third-order valence-corrected chi connectivity index (χ3v) is 9.54. The van der Waals surface area contributed by atoms with Gasteiger partial charge < -0.3 is 39.0 Å². The third-order valence-electron chi connectivity index (χ3n) is 8.36. The summed E-state index contributed by atoms with van der Waals surface area (Å²) in [6.45, 7) is 2.70. The molecule has 2 aliphatic heterocycles. The molecule has 8 atom stereocenters. The van der Waals surface area contributed by atoms with E-state index in [2.05, 4.69) is 4.90 Å². The number of aliphatic hydroxyl groups excluding tert-OH is 4. The zero-order valence-electron chi connectivity index (χ0n) is 24.4. The van der Waals surface area contributed by atoms with E-state index in [-0.39, 0.29) is 23.5 Å². The van der Waals surface area contributed by atoms with E-state index >= 15 is 0 Å². The molecule has 0 radical (unpaired) electrons. The maximum absolute atomic E-state index is 13.6. The molecule has 12 heteroatoms. The number of aryl methyl sites for hydroxylation is 1. The molecule has 3 aromatic rings. The first-order chi connectivity index (χ1) is 21.0. The lowest BCUT2D eigenvalue weighted by molar-refractivity contribution is -0.285. The molecular formula is C32H38FNO9S. The summed E-state index contributed by atoms with van der Waals surface area (Å²) in [5.74, 6) is -0.898. The maximum Gasteiger partial charge on any atom is 0.311 e. The van der Waals surface area contributed by atoms with Crippen LogP contribution in [0.5, 0.6) is 5.75 Å². The van der Waals surface area contributed by atoms with Gasteiger partial charge in [0.15, 0.2) is 6.29 Å². The summed E-state index contributed by atoms with van der Waals surface area (Å²) < 4.78 is 54.8. The molecule has 2 heterocycles. The van der Waals surface area contributed by atoms with E-state index in [1.165, 1.54) is 31.4 Å². The highest BCUT2D eigenvalue weighted by atomic mass is 32.2. The number of aliphatic hydroxyl groups is 4. The topological polar surface area (TPSA) is 146 Å². The van der Waals surface area contributed by atoms with Gasteiger partial charge in [0.1, 0.15) is 41.7 Å². The largest absolute Gasteiger partial charge is 0.388 e. The molecule has 5 rings (SSSR count). The molecule has 0 amide bonds. The number of anilines is 1. The molecule has 0 spiro atoms. The van der Waals surface area contributed by atoms with E-state index < -0.39 is 52.7 Å². The smallest absolute Gasteiger partial charge is 0.311 e. The van der Waals surface area contributed by atoms with Gasteiger partial charge in [0.2, 0.25) is 0 Å². The van der Waals surface area contributed by atoms with Crippen LogP contribution in [0.25, 0.3) is 0 Å². The Bertz CT molecular complexity index is 1490. The first-order valence-corrected chi connectivity index (χ1v) is 16.0. The summed E-state index contributed by atoms with van der Waals surface area (Å²) in [6.07, 6.45) is -6.89. The number of rotatable bonds is 11. The van der Waals surface area contributed by atoms with Crippen LogP contribution in [0.1, 0.15) is 41.7 Å². The molecule has 44 heavy (non-hydrogen) atoms. The molecule has 2 saturated heterocycles. The van der Waals surface area contributed by atoms with Crippen LogP contribution >= 0.6 is 0 Å². The normalized spacial score (nSPS) is 27.9. The van der Waals surface area contributed by atoms with Crippen molar-refractivity contribution >= 4 is 15.8 Å². The van der Waals surface area contributed by atoms with Crippen molar-refractivity contribution in [1.29, 1.82) is 0 Å². The Morgan fingerprint density at radius 1 is 0.955 bits per heavy atom. The van der Waals surface area contributed by atoms with Crippen molar-refractivity contribution in [2.75, 3.05) is 24.3 Å². The lowest BCUT2D eigenvalue weighted by Gasteiger charge is -2.50. The standard InChI is InChI=1S/C32H38FNO9S/c1-19-3-5-20(6-4-19)26(35)16-9-22-17-34(24-12-10-23(33)11-13-24)28(22)21-7-14-25(15-8-21)43-44(39,40)18-27-29(36)30(37)31(38)32(41-2)42-27/h3-8,10-15,22,26-32,35-38H,9,16-18H2,1-2H3. The maximum atomic E-state index is 13.6. The lowest BCUT2D eigenvalue weighted by Crippen LogP contribution is -2.59. The highest BCUT2D eigenvalue weighted by Gasteiger charge is 2.46. The number of hydrogen-bond donors (Lipinski definition) is 4. The highest BCUT2D eigenvalue weighted by molar-refractivity contribution is 7.87. The molecule has 0 aliphatic carbocycles. The second-order valence-corrected chi connectivity index (χ2v) is 13.1. The third kappa shape index (κ3) is 7.23. The fraction of sp³-hybridized carbons (Fsp3) is 0.438. The van der Waals surface area contributed by atoms with Crippen molar-refractivity contribution in [3.8, 4) is 5.75 Å². The molecule has 0 aromatic heterocycles. The molecule has 238 valence electrons. The summed E-state index contributed by atoms with van der Waals surface area (Å²) in [6, 6.07) is 20.5. The fourth-order valence-electron chi connectivity index (χ4n) is 5.86. The number of halogens is 1. The molecule has 4 N–H and O–H groups in total. The van der Waals surface area contributed by atoms with Gasteiger partial charge in [-0.1, -0.05) is 42.0 Å². The van der Waals surface area contributed by atoms with E-state index in [4.69, 9.17) is 13.7 Å². The summed E-state index contributed by atoms with van der Waals surface area (Å²) in [7, 11) is -3.07. The van der Waals surface area contributed by atoms with Crippen LogP contribution in [0.4, 0.5) is 10.1 Å². The monoisotopic (exact) mass is 631 g/mol. The van der Waals surface area contributed by atoms with E-state index in [1.807, 2.05) is 31.2 Å². The van der Waals surface area contributed by atoms with Gasteiger partial charge in [0.25, 0.3) is 0 Å². The summed E-state index contributed by atoms with van der Waals surface area (Å²) >= 11 is 0. The van der Waals surface area contributed by atoms with E-state index in [9.17, 15) is 33.2 Å². The van der Waals surface area contributed by atoms with Gasteiger partial charge in [-0.3, -0.25) is 0 Å². The number of methoxy groups -OCH3 is 1. The van der Waals surface area contributed by atoms with Crippen molar-refractivity contribution in [3.05, 3.63) is 95.3 Å². The molecule has 10 nitrogen and oxygen atoms in total. The van der Waals surface area contributed by atoms with Gasteiger partial charge in [0.05, 0.1) is 12.1 Å². The molecule has 0 bridgehead atoms. The minimum atomic E-state index is -4.29. The average Bonchev–Trinajstić information content (AvgIpc) is 2.98. The first-order valence-electron chi connectivity index (χ1n) is 14.5. The SMILES string of the molecule is COC1OC(CS(=O)(=O)Oc2ccc(C3C(CCC(O)c4ccc(C)cc4)CN3c3ccc(F)cc3)cc2)C(O)C(O)C1O. The predicted molar refractivity (Wildman–Crippen MR) is 160 cm³/mol. The van der Waals surface area contributed by atoms with E-state index in [1.54, 1.807) is 24.3 Å². The Labute approximate surface area is 256 Å². The number of benzene rings is 3. The van der Waals surface area contributed by atoms with Crippen LogP contribution in [0.2, 0.25) is 0 Å². The lowest BCUT2D eigenvalue weighted by atomic mass is 9.79. The second kappa shape index (κ2) is 13.5. The fourth-order valence-corrected chi connectivity index (χ4v) is 7.01. The van der Waals surface area contributed by atoms with Crippen LogP contribution in [-0.2, 0) is 19.6 Å². The Hall–Kier alpha value is -3.10. The Kier molecular flexibility index (Phi) is 9.90. The highest BCUT2D eigenvalue weighted by Crippen LogP contribution is 2.45. The summed E-state index contributed by atoms with van der Waals surface area (Å²) in [4.78, 5) is 2.14. The molecule has 0 saturated carbocycles. The van der Waals surface area contributed by atoms with Gasteiger partial charge in [0, 0.05) is 25.3 Å². The van der Waals surface area contributed by atoms with Gasteiger partial charge in [-0.2, -0.15) is 8.42 Å². The molecule has 8 unspecified atom stereocenters. The number of ether oxygens (including phenoxy) is 2. The van der Waals surface area contributed by atoms with E-state index in [0.29, 0.717) is 13.0 Å². The molecule has 2 fully saturated rings. The summed E-state index contributed by atoms with van der Waals surface area (Å²) in [5.41, 5.74) is 3.72. The minimum absolute atomic E-state index is 0.0434. The predicted octanol–water partition coefficient (Wildman–Crippen LogP) is 2.99. The van der Waals surface area contributed by atoms with Crippen LogP contribution in [0, 0.1) is 18.7 Å². The van der Waals surface area contributed by atoms with E-state index in [0.717, 1.165) is 28.8 Å². The van der Waals surface area contributed by atoms with Crippen molar-refractivity contribution in [3.63, 3.8) is 0 Å². The molecule has 2 aliphatic rings. The van der Waals surface area contributed by atoms with Gasteiger partial charge >= 0.3 is 10.1 Å². The zero-order valence-corrected chi connectivity index (χ0v) is 25.3. The molecular weight excluding hydrogens is 593 g/mol. The van der Waals surface area contributed by atoms with Crippen molar-refractivity contribution < 1.29 is 46.9 Å². The van der Waals surface area contributed by atoms with Gasteiger partial charge in [-0.05, 0) is 67.3 Å². The van der Waals surface area contributed by atoms with Crippen molar-refractivity contribution in [2.24, 2.45) is 5.92 Å². The van der Waals surface area contributed by atoms with Crippen molar-refractivity contribution in [1.82, 2.24) is 0 Å². The van der Waals surface area contributed by atoms with Crippen molar-refractivity contribution in [2.45, 2.75) is 62.6 Å². The van der Waals surface area contributed by atoms with Crippen LogP contribution < -0.4 is 9.08 Å². The minimum Gasteiger partial charge on any atom is -0.388 e. The van der Waals surface area contributed by atoms with Gasteiger partial charge in [-0.25, -0.2) is 4.39 Å². The Balaban J connectivity index is 1.27.